The average molecular weight is 503 g/mol. The normalized spacial score (nSPS) is 14.9. The van der Waals surface area contributed by atoms with Gasteiger partial charge in [0.25, 0.3) is 0 Å². The Morgan fingerprint density at radius 2 is 1.85 bits per heavy atom. The molecular weight excluding hydrogens is 472 g/mol. The van der Waals surface area contributed by atoms with Crippen molar-refractivity contribution in [1.82, 2.24) is 15.2 Å². The summed E-state index contributed by atoms with van der Waals surface area (Å²) in [5.74, 6) is 0.375. The summed E-state index contributed by atoms with van der Waals surface area (Å²) in [6.45, 7) is 6.82. The summed E-state index contributed by atoms with van der Waals surface area (Å²) >= 11 is 1.70. The number of sulfone groups is 1. The molecule has 1 aliphatic heterocycles. The standard InChI is InChI=1S/C24H30N4O4S2/c1-18-8-9-20(32-2)22-23(18)33-24(26-22)28-15-13-27(14-16-28)12-11-25-21(29)10-17-34(30,31)19-6-4-3-5-7-19/h3-9H,10-17H2,1-2H3,(H,25,29). The molecular formula is C24H30N4O4S2. The number of aromatic nitrogens is 1. The van der Waals surface area contributed by atoms with Gasteiger partial charge in [0, 0.05) is 45.7 Å². The van der Waals surface area contributed by atoms with E-state index < -0.39 is 9.84 Å². The van der Waals surface area contributed by atoms with E-state index >= 15 is 0 Å². The summed E-state index contributed by atoms with van der Waals surface area (Å²) in [7, 11) is -1.77. The molecule has 8 nitrogen and oxygen atoms in total. The summed E-state index contributed by atoms with van der Waals surface area (Å²) in [5, 5.41) is 3.86. The maximum atomic E-state index is 12.3. The van der Waals surface area contributed by atoms with Crippen LogP contribution < -0.4 is 15.0 Å². The quantitative estimate of drug-likeness (QED) is 0.481. The van der Waals surface area contributed by atoms with Crippen LogP contribution in [0, 0.1) is 6.92 Å². The number of nitrogens with zero attached hydrogens (tertiary/aromatic N) is 3. The fraction of sp³-hybridized carbons (Fsp3) is 0.417. The highest BCUT2D eigenvalue weighted by molar-refractivity contribution is 7.91. The molecule has 10 heteroatoms. The van der Waals surface area contributed by atoms with Crippen molar-refractivity contribution >= 4 is 42.4 Å². The number of thiazole rings is 1. The van der Waals surface area contributed by atoms with E-state index in [1.165, 1.54) is 5.56 Å². The first-order chi connectivity index (χ1) is 16.4. The second-order valence-corrected chi connectivity index (χ2v) is 11.4. The Morgan fingerprint density at radius 3 is 2.56 bits per heavy atom. The van der Waals surface area contributed by atoms with Gasteiger partial charge in [-0.05, 0) is 30.7 Å². The van der Waals surface area contributed by atoms with E-state index in [0.717, 1.165) is 53.8 Å². The third kappa shape index (κ3) is 5.68. The number of aryl methyl sites for hydroxylation is 1. The summed E-state index contributed by atoms with van der Waals surface area (Å²) in [6, 6.07) is 12.3. The third-order valence-corrected chi connectivity index (χ3v) is 8.99. The summed E-state index contributed by atoms with van der Waals surface area (Å²) in [5.41, 5.74) is 2.12. The van der Waals surface area contributed by atoms with Crippen LogP contribution in [0.3, 0.4) is 0 Å². The lowest BCUT2D eigenvalue weighted by Gasteiger charge is -2.34. The van der Waals surface area contributed by atoms with Crippen molar-refractivity contribution in [3.63, 3.8) is 0 Å². The molecule has 0 saturated carbocycles. The lowest BCUT2D eigenvalue weighted by Crippen LogP contribution is -2.48. The molecule has 1 aromatic heterocycles. The van der Waals surface area contributed by atoms with Gasteiger partial charge in [-0.25, -0.2) is 13.4 Å². The van der Waals surface area contributed by atoms with E-state index in [4.69, 9.17) is 9.72 Å². The molecule has 34 heavy (non-hydrogen) atoms. The van der Waals surface area contributed by atoms with Crippen molar-refractivity contribution in [2.24, 2.45) is 0 Å². The molecule has 3 aromatic rings. The largest absolute Gasteiger partial charge is 0.494 e. The molecule has 2 aromatic carbocycles. The number of nitrogens with one attached hydrogen (secondary N) is 1. The number of fused-ring (bicyclic) bond motifs is 1. The number of methoxy groups -OCH3 is 1. The van der Waals surface area contributed by atoms with E-state index in [1.807, 2.05) is 6.07 Å². The first kappa shape index (κ1) is 24.4. The second kappa shape index (κ2) is 10.7. The predicted molar refractivity (Wildman–Crippen MR) is 136 cm³/mol. The molecule has 0 radical (unpaired) electrons. The Balaban J connectivity index is 1.21. The number of carbonyl (C=O) groups is 1. The highest BCUT2D eigenvalue weighted by Crippen LogP contribution is 2.36. The first-order valence-electron chi connectivity index (χ1n) is 11.3. The number of benzene rings is 2. The monoisotopic (exact) mass is 502 g/mol. The maximum absolute atomic E-state index is 12.3. The lowest BCUT2D eigenvalue weighted by molar-refractivity contribution is -0.120. The van der Waals surface area contributed by atoms with Crippen molar-refractivity contribution in [3.05, 3.63) is 48.0 Å². The molecule has 1 N–H and O–H groups in total. The highest BCUT2D eigenvalue weighted by atomic mass is 32.2. The number of rotatable bonds is 9. The Kier molecular flexibility index (Phi) is 7.70. The SMILES string of the molecule is COc1ccc(C)c2sc(N3CCN(CCNC(=O)CCS(=O)(=O)c4ccccc4)CC3)nc12. The molecule has 182 valence electrons. The maximum Gasteiger partial charge on any atom is 0.221 e. The van der Waals surface area contributed by atoms with Crippen LogP contribution in [0.2, 0.25) is 0 Å². The molecule has 1 aliphatic rings. The molecule has 0 unspecified atom stereocenters. The molecule has 0 bridgehead atoms. The van der Waals surface area contributed by atoms with Gasteiger partial charge in [-0.2, -0.15) is 0 Å². The number of piperazine rings is 1. The predicted octanol–water partition coefficient (Wildman–Crippen LogP) is 2.72. The molecule has 0 aliphatic carbocycles. The number of hydrogen-bond donors (Lipinski definition) is 1. The molecule has 0 spiro atoms. The summed E-state index contributed by atoms with van der Waals surface area (Å²) in [4.78, 5) is 21.8. The van der Waals surface area contributed by atoms with Gasteiger partial charge < -0.3 is 15.0 Å². The fourth-order valence-electron chi connectivity index (χ4n) is 3.98. The van der Waals surface area contributed by atoms with Crippen LogP contribution in [0.25, 0.3) is 10.2 Å². The van der Waals surface area contributed by atoms with E-state index in [2.05, 4.69) is 28.1 Å². The number of hydrogen-bond acceptors (Lipinski definition) is 8. The Bertz CT molecular complexity index is 1240. The van der Waals surface area contributed by atoms with E-state index in [1.54, 1.807) is 48.8 Å². The van der Waals surface area contributed by atoms with E-state index in [-0.39, 0.29) is 23.0 Å². The Hall–Kier alpha value is -2.69. The molecule has 2 heterocycles. The van der Waals surface area contributed by atoms with Crippen LogP contribution in [-0.2, 0) is 14.6 Å². The van der Waals surface area contributed by atoms with Gasteiger partial charge in [0.2, 0.25) is 5.91 Å². The molecule has 1 amide bonds. The molecule has 4 rings (SSSR count). The van der Waals surface area contributed by atoms with Gasteiger partial charge in [0.1, 0.15) is 11.3 Å². The number of amides is 1. The van der Waals surface area contributed by atoms with Crippen molar-refractivity contribution in [2.75, 3.05) is 57.0 Å². The van der Waals surface area contributed by atoms with E-state index in [0.29, 0.717) is 6.54 Å². The Morgan fingerprint density at radius 1 is 1.12 bits per heavy atom. The first-order valence-corrected chi connectivity index (χ1v) is 13.8. The molecule has 0 atom stereocenters. The minimum atomic E-state index is -3.44. The zero-order valence-electron chi connectivity index (χ0n) is 19.5. The lowest BCUT2D eigenvalue weighted by atomic mass is 10.2. The van der Waals surface area contributed by atoms with Gasteiger partial charge in [0.05, 0.1) is 22.5 Å². The van der Waals surface area contributed by atoms with Crippen molar-refractivity contribution in [1.29, 1.82) is 0 Å². The third-order valence-electron chi connectivity index (χ3n) is 6.01. The fourth-order valence-corrected chi connectivity index (χ4v) is 6.34. The van der Waals surface area contributed by atoms with E-state index in [9.17, 15) is 13.2 Å². The van der Waals surface area contributed by atoms with Crippen LogP contribution in [0.1, 0.15) is 12.0 Å². The number of carbonyl (C=O) groups excluding carboxylic acids is 1. The van der Waals surface area contributed by atoms with Crippen LogP contribution in [0.4, 0.5) is 5.13 Å². The number of anilines is 1. The summed E-state index contributed by atoms with van der Waals surface area (Å²) in [6.07, 6.45) is -0.0362. The second-order valence-electron chi connectivity index (χ2n) is 8.32. The van der Waals surface area contributed by atoms with Crippen LogP contribution in [0.15, 0.2) is 47.4 Å². The minimum Gasteiger partial charge on any atom is -0.494 e. The number of ether oxygens (including phenoxy) is 1. The van der Waals surface area contributed by atoms with Crippen LogP contribution in [0.5, 0.6) is 5.75 Å². The minimum absolute atomic E-state index is 0.0362. The van der Waals surface area contributed by atoms with Crippen molar-refractivity contribution in [3.8, 4) is 5.75 Å². The van der Waals surface area contributed by atoms with Crippen molar-refractivity contribution in [2.45, 2.75) is 18.2 Å². The van der Waals surface area contributed by atoms with Gasteiger partial charge in [-0.15, -0.1) is 0 Å². The van der Waals surface area contributed by atoms with Crippen LogP contribution in [-0.4, -0.2) is 76.3 Å². The average Bonchev–Trinajstić information content (AvgIpc) is 3.31. The van der Waals surface area contributed by atoms with Crippen LogP contribution >= 0.6 is 11.3 Å². The van der Waals surface area contributed by atoms with Crippen molar-refractivity contribution < 1.29 is 17.9 Å². The Labute approximate surface area is 204 Å². The zero-order chi connectivity index (χ0) is 24.1. The van der Waals surface area contributed by atoms with Gasteiger partial charge >= 0.3 is 0 Å². The van der Waals surface area contributed by atoms with Gasteiger partial charge in [-0.1, -0.05) is 35.6 Å². The zero-order valence-corrected chi connectivity index (χ0v) is 21.1. The highest BCUT2D eigenvalue weighted by Gasteiger charge is 2.21. The molecule has 1 saturated heterocycles. The molecule has 1 fully saturated rings. The smallest absolute Gasteiger partial charge is 0.221 e. The van der Waals surface area contributed by atoms with Gasteiger partial charge in [0.15, 0.2) is 15.0 Å². The summed E-state index contributed by atoms with van der Waals surface area (Å²) < 4.78 is 31.3. The topological polar surface area (TPSA) is 91.8 Å². The van der Waals surface area contributed by atoms with Gasteiger partial charge in [-0.3, -0.25) is 9.69 Å².